The van der Waals surface area contributed by atoms with Crippen LogP contribution in [0.2, 0.25) is 0 Å². The summed E-state index contributed by atoms with van der Waals surface area (Å²) in [6.45, 7) is 0. The van der Waals surface area contributed by atoms with E-state index in [1.165, 1.54) is 32.0 Å². The molecule has 4 nitrogen and oxygen atoms in total. The number of primary amides is 2. The average molecular weight is 381 g/mol. The van der Waals surface area contributed by atoms with Crippen molar-refractivity contribution in [2.75, 3.05) is 11.5 Å². The molecular formula is C10H8N2O2S6. The minimum atomic E-state index is -0.596. The average Bonchev–Trinajstić information content (AvgIpc) is 3.02. The molecule has 3 rings (SSSR count). The van der Waals surface area contributed by atoms with Crippen LogP contribution in [-0.4, -0.2) is 23.3 Å². The lowest BCUT2D eigenvalue weighted by Gasteiger charge is -2.08. The Morgan fingerprint density at radius 2 is 1.10 bits per heavy atom. The maximum atomic E-state index is 11.4. The summed E-state index contributed by atoms with van der Waals surface area (Å²) in [4.78, 5) is 23.3. The second-order valence-electron chi connectivity index (χ2n) is 3.64. The SMILES string of the molecule is NC(=O)C1=C(C(N)=O)SC(=C2SC3=C(SCCS3)S2)S1. The summed E-state index contributed by atoms with van der Waals surface area (Å²) in [7, 11) is 0. The van der Waals surface area contributed by atoms with Crippen molar-refractivity contribution < 1.29 is 9.59 Å². The van der Waals surface area contributed by atoms with Gasteiger partial charge in [-0.05, 0) is 0 Å². The minimum absolute atomic E-state index is 0.261. The van der Waals surface area contributed by atoms with E-state index in [2.05, 4.69) is 0 Å². The van der Waals surface area contributed by atoms with Gasteiger partial charge in [-0.15, -0.1) is 23.5 Å². The van der Waals surface area contributed by atoms with E-state index in [0.29, 0.717) is 0 Å². The molecule has 0 unspecified atom stereocenters. The number of carbonyl (C=O) groups excluding carboxylic acids is 2. The van der Waals surface area contributed by atoms with Gasteiger partial charge in [0.15, 0.2) is 0 Å². The molecule has 0 aromatic rings. The molecule has 0 saturated heterocycles. The fraction of sp³-hybridized carbons (Fsp3) is 0.200. The van der Waals surface area contributed by atoms with Crippen molar-refractivity contribution in [3.8, 4) is 0 Å². The van der Waals surface area contributed by atoms with Gasteiger partial charge in [-0.3, -0.25) is 9.59 Å². The topological polar surface area (TPSA) is 86.2 Å². The van der Waals surface area contributed by atoms with Crippen LogP contribution in [-0.2, 0) is 9.59 Å². The van der Waals surface area contributed by atoms with Crippen LogP contribution in [0, 0.1) is 0 Å². The summed E-state index contributed by atoms with van der Waals surface area (Å²) in [5.41, 5.74) is 10.6. The third-order valence-corrected chi connectivity index (χ3v) is 11.2. The zero-order valence-electron chi connectivity index (χ0n) is 9.83. The highest BCUT2D eigenvalue weighted by atomic mass is 32.3. The molecule has 4 N–H and O–H groups in total. The fourth-order valence-electron chi connectivity index (χ4n) is 1.51. The van der Waals surface area contributed by atoms with Crippen LogP contribution in [0.5, 0.6) is 0 Å². The lowest BCUT2D eigenvalue weighted by atomic mass is 10.4. The van der Waals surface area contributed by atoms with Gasteiger partial charge >= 0.3 is 0 Å². The first-order valence-corrected chi connectivity index (χ1v) is 10.6. The van der Waals surface area contributed by atoms with E-state index in [1.807, 2.05) is 23.5 Å². The van der Waals surface area contributed by atoms with Crippen molar-refractivity contribution in [1.29, 1.82) is 0 Å². The second kappa shape index (κ2) is 6.17. The Morgan fingerprint density at radius 1 is 0.700 bits per heavy atom. The predicted octanol–water partition coefficient (Wildman–Crippen LogP) is 2.86. The molecule has 10 heteroatoms. The summed E-state index contributed by atoms with van der Waals surface area (Å²) >= 11 is 9.66. The first-order chi connectivity index (χ1) is 9.56. The fourth-order valence-corrected chi connectivity index (χ4v) is 10.2. The Bertz CT molecular complexity index is 561. The molecule has 3 aliphatic rings. The Hall–Kier alpha value is 0.260. The minimum Gasteiger partial charge on any atom is -0.365 e. The number of nitrogens with two attached hydrogens (primary N) is 2. The molecule has 0 aliphatic carbocycles. The number of hydrogen-bond acceptors (Lipinski definition) is 8. The number of hydrogen-bond donors (Lipinski definition) is 2. The predicted molar refractivity (Wildman–Crippen MR) is 94.7 cm³/mol. The third-order valence-electron chi connectivity index (χ3n) is 2.30. The molecule has 0 radical (unpaired) electrons. The van der Waals surface area contributed by atoms with E-state index in [-0.39, 0.29) is 9.81 Å². The number of amides is 2. The van der Waals surface area contributed by atoms with Crippen molar-refractivity contribution >= 4 is 82.4 Å². The second-order valence-corrected chi connectivity index (χ2v) is 11.0. The van der Waals surface area contributed by atoms with E-state index in [9.17, 15) is 9.59 Å². The lowest BCUT2D eigenvalue weighted by Crippen LogP contribution is -2.18. The first-order valence-electron chi connectivity index (χ1n) is 5.35. The summed E-state index contributed by atoms with van der Waals surface area (Å²) in [5.74, 6) is 1.05. The monoisotopic (exact) mass is 380 g/mol. The van der Waals surface area contributed by atoms with Gasteiger partial charge < -0.3 is 11.5 Å². The zero-order valence-corrected chi connectivity index (χ0v) is 14.7. The molecule has 2 amide bonds. The first kappa shape index (κ1) is 15.2. The van der Waals surface area contributed by atoms with Gasteiger partial charge in [-0.2, -0.15) is 0 Å². The van der Waals surface area contributed by atoms with Gasteiger partial charge in [0.1, 0.15) is 0 Å². The van der Waals surface area contributed by atoms with Crippen molar-refractivity contribution in [2.45, 2.75) is 0 Å². The highest BCUT2D eigenvalue weighted by Crippen LogP contribution is 2.64. The maximum Gasteiger partial charge on any atom is 0.256 e. The van der Waals surface area contributed by atoms with Crippen LogP contribution < -0.4 is 11.5 Å². The van der Waals surface area contributed by atoms with Crippen LogP contribution >= 0.6 is 70.6 Å². The number of thioether (sulfide) groups is 6. The van der Waals surface area contributed by atoms with Crippen LogP contribution in [0.25, 0.3) is 0 Å². The van der Waals surface area contributed by atoms with Gasteiger partial charge in [0.05, 0.1) is 26.8 Å². The zero-order chi connectivity index (χ0) is 14.3. The van der Waals surface area contributed by atoms with Gasteiger partial charge in [0.2, 0.25) is 0 Å². The molecule has 0 aromatic heterocycles. The quantitative estimate of drug-likeness (QED) is 0.756. The van der Waals surface area contributed by atoms with Crippen LogP contribution in [0.3, 0.4) is 0 Å². The van der Waals surface area contributed by atoms with Gasteiger partial charge in [0.25, 0.3) is 11.8 Å². The molecule has 106 valence electrons. The smallest absolute Gasteiger partial charge is 0.256 e. The summed E-state index contributed by atoms with van der Waals surface area (Å²) in [5, 5.41) is 0. The Balaban J connectivity index is 1.84. The summed E-state index contributed by atoms with van der Waals surface area (Å²) in [6.07, 6.45) is 0. The molecule has 20 heavy (non-hydrogen) atoms. The highest BCUT2D eigenvalue weighted by Gasteiger charge is 2.34. The van der Waals surface area contributed by atoms with E-state index in [1.54, 1.807) is 23.5 Å². The van der Waals surface area contributed by atoms with E-state index in [0.717, 1.165) is 20.0 Å². The molecule has 0 saturated carbocycles. The van der Waals surface area contributed by atoms with Crippen LogP contribution in [0.4, 0.5) is 0 Å². The standard InChI is InChI=1S/C10H8N2O2S6/c11-5(13)3-4(6(12)14)18-9(17-3)10-19-7-8(20-10)16-2-1-15-7/h1-2H2,(H2,11,13)(H2,12,14). The van der Waals surface area contributed by atoms with Crippen LogP contribution in [0.15, 0.2) is 26.8 Å². The largest absolute Gasteiger partial charge is 0.365 e. The number of rotatable bonds is 2. The van der Waals surface area contributed by atoms with E-state index in [4.69, 9.17) is 11.5 Å². The molecule has 0 bridgehead atoms. The Labute approximate surface area is 141 Å². The summed E-state index contributed by atoms with van der Waals surface area (Å²) in [6, 6.07) is 0. The molecule has 0 spiro atoms. The van der Waals surface area contributed by atoms with Crippen molar-refractivity contribution in [1.82, 2.24) is 0 Å². The normalized spacial score (nSPS) is 22.6. The highest BCUT2D eigenvalue weighted by molar-refractivity contribution is 8.43. The van der Waals surface area contributed by atoms with Crippen LogP contribution in [0.1, 0.15) is 0 Å². The van der Waals surface area contributed by atoms with E-state index < -0.39 is 11.8 Å². The van der Waals surface area contributed by atoms with Gasteiger partial charge in [-0.25, -0.2) is 0 Å². The molecule has 0 atom stereocenters. The Morgan fingerprint density at radius 3 is 1.50 bits per heavy atom. The van der Waals surface area contributed by atoms with Crippen molar-refractivity contribution in [3.63, 3.8) is 0 Å². The third kappa shape index (κ3) is 2.91. The molecule has 3 aliphatic heterocycles. The summed E-state index contributed by atoms with van der Waals surface area (Å²) < 4.78 is 4.69. The van der Waals surface area contributed by atoms with Gasteiger partial charge in [-0.1, -0.05) is 47.0 Å². The maximum absolute atomic E-state index is 11.4. The number of carbonyl (C=O) groups is 2. The molecular weight excluding hydrogens is 373 g/mol. The van der Waals surface area contributed by atoms with Crippen molar-refractivity contribution in [2.24, 2.45) is 11.5 Å². The molecule has 0 fully saturated rings. The molecule has 3 heterocycles. The van der Waals surface area contributed by atoms with E-state index >= 15 is 0 Å². The lowest BCUT2D eigenvalue weighted by molar-refractivity contribution is -0.116. The molecule has 0 aromatic carbocycles. The van der Waals surface area contributed by atoms with Gasteiger partial charge in [0, 0.05) is 11.5 Å². The Kier molecular flexibility index (Phi) is 4.68. The van der Waals surface area contributed by atoms with Crippen molar-refractivity contribution in [3.05, 3.63) is 26.8 Å².